The second-order valence-electron chi connectivity index (χ2n) is 7.23. The number of benzene rings is 1. The molecular weight excluding hydrogens is 418 g/mol. The second-order valence-corrected chi connectivity index (χ2v) is 9.99. The van der Waals surface area contributed by atoms with Crippen molar-refractivity contribution < 1.29 is 13.2 Å². The Kier molecular flexibility index (Phi) is 6.06. The molecule has 1 aromatic rings. The third-order valence-electron chi connectivity index (χ3n) is 5.31. The Labute approximate surface area is 164 Å². The highest BCUT2D eigenvalue weighted by Gasteiger charge is 2.38. The molecule has 3 rings (SSSR count). The molecule has 1 atom stereocenters. The van der Waals surface area contributed by atoms with Crippen LogP contribution in [0.3, 0.4) is 0 Å². The minimum atomic E-state index is -3.58. The highest BCUT2D eigenvalue weighted by Crippen LogP contribution is 2.29. The van der Waals surface area contributed by atoms with Crippen LogP contribution in [0.15, 0.2) is 33.6 Å². The quantitative estimate of drug-likeness (QED) is 0.713. The number of hydrogen-bond acceptors (Lipinski definition) is 4. The van der Waals surface area contributed by atoms with E-state index in [1.54, 1.807) is 24.3 Å². The summed E-state index contributed by atoms with van der Waals surface area (Å²) in [7, 11) is -3.58. The van der Waals surface area contributed by atoms with Crippen molar-refractivity contribution in [3.05, 3.63) is 28.7 Å². The fraction of sp³-hybridized carbons (Fsp3) is 0.611. The number of carbonyl (C=O) groups excluding carboxylic acids is 1. The van der Waals surface area contributed by atoms with Crippen LogP contribution in [0.5, 0.6) is 0 Å². The van der Waals surface area contributed by atoms with Gasteiger partial charge in [-0.25, -0.2) is 8.42 Å². The predicted octanol–water partition coefficient (Wildman–Crippen LogP) is 2.01. The Morgan fingerprint density at radius 3 is 2.38 bits per heavy atom. The minimum Gasteiger partial charge on any atom is -0.340 e. The molecule has 0 aromatic heterocycles. The van der Waals surface area contributed by atoms with Gasteiger partial charge in [0.15, 0.2) is 0 Å². The Morgan fingerprint density at radius 2 is 1.77 bits per heavy atom. The van der Waals surface area contributed by atoms with Gasteiger partial charge in [-0.2, -0.15) is 4.31 Å². The second kappa shape index (κ2) is 7.96. The lowest BCUT2D eigenvalue weighted by Gasteiger charge is -2.37. The van der Waals surface area contributed by atoms with Crippen LogP contribution in [0.4, 0.5) is 0 Å². The van der Waals surface area contributed by atoms with Gasteiger partial charge in [-0.05, 0) is 48.3 Å². The van der Waals surface area contributed by atoms with Crippen LogP contribution in [0.1, 0.15) is 20.3 Å². The van der Waals surface area contributed by atoms with Crippen LogP contribution in [0, 0.1) is 5.92 Å². The van der Waals surface area contributed by atoms with Gasteiger partial charge in [0.05, 0.1) is 10.8 Å². The van der Waals surface area contributed by atoms with Crippen LogP contribution in [0.2, 0.25) is 0 Å². The van der Waals surface area contributed by atoms with Crippen molar-refractivity contribution in [2.24, 2.45) is 5.92 Å². The summed E-state index contributed by atoms with van der Waals surface area (Å²) < 4.78 is 27.8. The zero-order valence-electron chi connectivity index (χ0n) is 15.3. The average molecular weight is 444 g/mol. The van der Waals surface area contributed by atoms with Crippen LogP contribution >= 0.6 is 15.9 Å². The van der Waals surface area contributed by atoms with Gasteiger partial charge in [0.25, 0.3) is 0 Å². The molecule has 1 aromatic carbocycles. The summed E-state index contributed by atoms with van der Waals surface area (Å²) in [5, 5.41) is 0. The van der Waals surface area contributed by atoms with E-state index in [9.17, 15) is 13.2 Å². The van der Waals surface area contributed by atoms with Crippen LogP contribution in [-0.4, -0.2) is 73.7 Å². The summed E-state index contributed by atoms with van der Waals surface area (Å²) in [5.41, 5.74) is 0. The van der Waals surface area contributed by atoms with Gasteiger partial charge in [0.2, 0.25) is 15.9 Å². The number of rotatable bonds is 4. The number of amides is 1. The summed E-state index contributed by atoms with van der Waals surface area (Å²) >= 11 is 3.32. The highest BCUT2D eigenvalue weighted by molar-refractivity contribution is 9.10. The molecule has 0 spiro atoms. The van der Waals surface area contributed by atoms with Crippen LogP contribution in [-0.2, 0) is 14.8 Å². The molecule has 0 N–H and O–H groups in total. The van der Waals surface area contributed by atoms with Gasteiger partial charge in [-0.1, -0.05) is 12.1 Å². The maximum absolute atomic E-state index is 12.9. The molecule has 26 heavy (non-hydrogen) atoms. The number of sulfonamides is 1. The van der Waals surface area contributed by atoms with Crippen molar-refractivity contribution in [1.29, 1.82) is 0 Å². The first-order chi connectivity index (χ1) is 12.3. The van der Waals surface area contributed by atoms with Crippen molar-refractivity contribution in [2.75, 3.05) is 39.3 Å². The summed E-state index contributed by atoms with van der Waals surface area (Å²) in [6, 6.07) is 7.31. The largest absolute Gasteiger partial charge is 0.340 e. The van der Waals surface area contributed by atoms with Crippen molar-refractivity contribution in [3.8, 4) is 0 Å². The summed E-state index contributed by atoms with van der Waals surface area (Å²) in [4.78, 5) is 17.4. The molecule has 0 aliphatic carbocycles. The molecule has 6 nitrogen and oxygen atoms in total. The normalized spacial score (nSPS) is 22.9. The Bertz CT molecular complexity index is 761. The third kappa shape index (κ3) is 3.98. The number of halogens is 1. The number of hydrogen-bond donors (Lipinski definition) is 0. The molecule has 2 aliphatic rings. The molecule has 0 radical (unpaired) electrons. The van der Waals surface area contributed by atoms with Crippen molar-refractivity contribution in [2.45, 2.75) is 31.2 Å². The number of nitrogens with zero attached hydrogens (tertiary/aromatic N) is 3. The molecule has 144 valence electrons. The molecule has 1 unspecified atom stereocenters. The zero-order valence-corrected chi connectivity index (χ0v) is 17.7. The van der Waals surface area contributed by atoms with Gasteiger partial charge >= 0.3 is 0 Å². The first-order valence-corrected chi connectivity index (χ1v) is 11.3. The third-order valence-corrected chi connectivity index (χ3v) is 8.19. The Hall–Kier alpha value is -0.960. The summed E-state index contributed by atoms with van der Waals surface area (Å²) in [6.07, 6.45) is 0.590. The van der Waals surface area contributed by atoms with E-state index in [0.717, 1.165) is 26.2 Å². The van der Waals surface area contributed by atoms with E-state index in [1.165, 1.54) is 4.31 Å². The number of carbonyl (C=O) groups is 1. The van der Waals surface area contributed by atoms with E-state index in [0.29, 0.717) is 23.5 Å². The number of piperazine rings is 1. The molecule has 2 saturated heterocycles. The van der Waals surface area contributed by atoms with Crippen molar-refractivity contribution in [3.63, 3.8) is 0 Å². The minimum absolute atomic E-state index is 0.0956. The molecule has 2 heterocycles. The smallest absolute Gasteiger partial charge is 0.244 e. The standard InChI is InChI=1S/C18H26BrN3O3S/c1-14(2)20-9-11-21(12-10-20)18(23)15-7-8-22(13-15)26(24,25)17-6-4-3-5-16(17)19/h3-6,14-15H,7-13H2,1-2H3. The first kappa shape index (κ1) is 19.8. The molecule has 1 amide bonds. The predicted molar refractivity (Wildman–Crippen MR) is 104 cm³/mol. The zero-order chi connectivity index (χ0) is 18.9. The molecule has 2 aliphatic heterocycles. The van der Waals surface area contributed by atoms with E-state index >= 15 is 0 Å². The average Bonchev–Trinajstić information content (AvgIpc) is 3.12. The maximum atomic E-state index is 12.9. The highest BCUT2D eigenvalue weighted by atomic mass is 79.9. The first-order valence-electron chi connectivity index (χ1n) is 9.08. The van der Waals surface area contributed by atoms with Gasteiger partial charge in [0, 0.05) is 49.8 Å². The van der Waals surface area contributed by atoms with Crippen LogP contribution in [0.25, 0.3) is 0 Å². The van der Waals surface area contributed by atoms with E-state index < -0.39 is 10.0 Å². The van der Waals surface area contributed by atoms with E-state index in [2.05, 4.69) is 34.7 Å². The lowest BCUT2D eigenvalue weighted by atomic mass is 10.1. The van der Waals surface area contributed by atoms with E-state index in [1.807, 2.05) is 4.90 Å². The van der Waals surface area contributed by atoms with Crippen molar-refractivity contribution in [1.82, 2.24) is 14.1 Å². The van der Waals surface area contributed by atoms with Crippen LogP contribution < -0.4 is 0 Å². The summed E-state index contributed by atoms with van der Waals surface area (Å²) in [5.74, 6) is -0.143. The molecule has 0 saturated carbocycles. The Balaban J connectivity index is 1.64. The molecule has 8 heteroatoms. The van der Waals surface area contributed by atoms with Gasteiger partial charge in [0.1, 0.15) is 0 Å². The fourth-order valence-corrected chi connectivity index (χ4v) is 6.12. The molecule has 2 fully saturated rings. The fourth-order valence-electron chi connectivity index (χ4n) is 3.66. The van der Waals surface area contributed by atoms with Gasteiger partial charge < -0.3 is 4.90 Å². The van der Waals surface area contributed by atoms with Gasteiger partial charge in [-0.3, -0.25) is 9.69 Å². The SMILES string of the molecule is CC(C)N1CCN(C(=O)C2CCN(S(=O)(=O)c3ccccc3Br)C2)CC1. The monoisotopic (exact) mass is 443 g/mol. The van der Waals surface area contributed by atoms with Crippen molar-refractivity contribution >= 4 is 31.9 Å². The lowest BCUT2D eigenvalue weighted by Crippen LogP contribution is -2.52. The lowest BCUT2D eigenvalue weighted by molar-refractivity contribution is -0.137. The molecular formula is C18H26BrN3O3S. The topological polar surface area (TPSA) is 60.9 Å². The summed E-state index contributed by atoms with van der Waals surface area (Å²) in [6.45, 7) is 8.22. The van der Waals surface area contributed by atoms with E-state index in [-0.39, 0.29) is 23.3 Å². The van der Waals surface area contributed by atoms with Gasteiger partial charge in [-0.15, -0.1) is 0 Å². The Morgan fingerprint density at radius 1 is 1.12 bits per heavy atom. The molecule has 0 bridgehead atoms. The maximum Gasteiger partial charge on any atom is 0.244 e. The van der Waals surface area contributed by atoms with E-state index in [4.69, 9.17) is 0 Å².